The van der Waals surface area contributed by atoms with Gasteiger partial charge in [0.2, 0.25) is 5.95 Å². The molecule has 1 aromatic carbocycles. The summed E-state index contributed by atoms with van der Waals surface area (Å²) in [7, 11) is -1.56. The molecule has 2 aromatic rings. The van der Waals surface area contributed by atoms with Gasteiger partial charge in [-0.25, -0.2) is 8.42 Å². The topological polar surface area (TPSA) is 94.2 Å². The highest BCUT2D eigenvalue weighted by atomic mass is 32.2. The lowest BCUT2D eigenvalue weighted by atomic mass is 9.87. The maximum absolute atomic E-state index is 13.2. The van der Waals surface area contributed by atoms with E-state index in [1.165, 1.54) is 35.1 Å². The molecule has 8 nitrogen and oxygen atoms in total. The van der Waals surface area contributed by atoms with Crippen LogP contribution in [0.15, 0.2) is 11.2 Å². The fourth-order valence-electron chi connectivity index (χ4n) is 6.22. The molecule has 9 heteroatoms. The molecule has 0 bridgehead atoms. The summed E-state index contributed by atoms with van der Waals surface area (Å²) in [5.41, 5.74) is 6.82. The number of likely N-dealkylation sites (tertiary alicyclic amines) is 1. The number of aryl methyl sites for hydroxylation is 2. The minimum Gasteiger partial charge on any atom is -0.324 e. The smallest absolute Gasteiger partial charge is 0.278 e. The number of rotatable bonds is 4. The lowest BCUT2D eigenvalue weighted by Gasteiger charge is -2.23. The first kappa shape index (κ1) is 19.7. The van der Waals surface area contributed by atoms with Crippen molar-refractivity contribution in [2.75, 3.05) is 38.5 Å². The summed E-state index contributed by atoms with van der Waals surface area (Å²) in [6, 6.07) is 2.38. The van der Waals surface area contributed by atoms with E-state index in [0.29, 0.717) is 19.0 Å². The molecule has 2 saturated heterocycles. The van der Waals surface area contributed by atoms with Gasteiger partial charge < -0.3 is 10.2 Å². The molecule has 2 N–H and O–H groups in total. The number of H-pyrrole nitrogens is 1. The van der Waals surface area contributed by atoms with Crippen molar-refractivity contribution >= 4 is 21.7 Å². The molecule has 3 heterocycles. The van der Waals surface area contributed by atoms with Gasteiger partial charge in [-0.1, -0.05) is 6.07 Å². The van der Waals surface area contributed by atoms with Crippen molar-refractivity contribution in [3.05, 3.63) is 28.3 Å². The van der Waals surface area contributed by atoms with Gasteiger partial charge in [-0.3, -0.25) is 4.98 Å². The van der Waals surface area contributed by atoms with Crippen molar-refractivity contribution in [3.63, 3.8) is 0 Å². The molecule has 2 aliphatic heterocycles. The Hall–Kier alpha value is -1.97. The minimum absolute atomic E-state index is 0.0531. The van der Waals surface area contributed by atoms with Gasteiger partial charge in [0.05, 0.1) is 0 Å². The Kier molecular flexibility index (Phi) is 4.46. The first-order valence-electron chi connectivity index (χ1n) is 11.5. The van der Waals surface area contributed by atoms with E-state index in [-0.39, 0.29) is 10.6 Å². The van der Waals surface area contributed by atoms with Crippen molar-refractivity contribution in [2.45, 2.75) is 56.5 Å². The molecule has 1 aromatic heterocycles. The van der Waals surface area contributed by atoms with E-state index in [2.05, 4.69) is 38.5 Å². The molecule has 2 aliphatic carbocycles. The lowest BCUT2D eigenvalue weighted by Crippen LogP contribution is -2.34. The summed E-state index contributed by atoms with van der Waals surface area (Å²) < 4.78 is 28.1. The molecule has 0 saturated carbocycles. The predicted octanol–water partition coefficient (Wildman–Crippen LogP) is 2.24. The SMILES string of the molecule is CN1CCC2(CCN(S(=O)(=O)c3nnc(Nc4c5c(cc6c4CCC6)CCC5)[nH]3)C2)C1. The zero-order chi connectivity index (χ0) is 21.2. The van der Waals surface area contributed by atoms with E-state index in [1.807, 2.05) is 0 Å². The Balaban J connectivity index is 1.26. The summed E-state index contributed by atoms with van der Waals surface area (Å²) in [5, 5.41) is 11.6. The van der Waals surface area contributed by atoms with E-state index in [4.69, 9.17) is 0 Å². The van der Waals surface area contributed by atoms with Crippen LogP contribution in [0.1, 0.15) is 47.9 Å². The fraction of sp³-hybridized carbons (Fsp3) is 0.636. The lowest BCUT2D eigenvalue weighted by molar-refractivity contribution is 0.294. The summed E-state index contributed by atoms with van der Waals surface area (Å²) in [5.74, 6) is 0.419. The Labute approximate surface area is 183 Å². The van der Waals surface area contributed by atoms with Crippen LogP contribution >= 0.6 is 0 Å². The standard InChI is InChI=1S/C22H30N6O2S/c1-27-10-8-22(13-27)9-11-28(14-22)31(29,30)21-24-20(25-26-21)23-19-17-6-2-4-15(17)12-16-5-3-7-18(16)19/h12H,2-11,13-14H2,1H3,(H2,23,24,25,26). The molecule has 1 spiro atoms. The number of hydrogen-bond acceptors (Lipinski definition) is 6. The van der Waals surface area contributed by atoms with E-state index in [0.717, 1.165) is 57.3 Å². The highest BCUT2D eigenvalue weighted by Crippen LogP contribution is 2.41. The molecule has 31 heavy (non-hydrogen) atoms. The number of benzene rings is 1. The number of nitrogens with one attached hydrogen (secondary N) is 2. The van der Waals surface area contributed by atoms with Gasteiger partial charge in [0.25, 0.3) is 15.2 Å². The molecule has 1 atom stereocenters. The van der Waals surface area contributed by atoms with Gasteiger partial charge in [0.1, 0.15) is 0 Å². The second kappa shape index (κ2) is 7.02. The zero-order valence-corrected chi connectivity index (χ0v) is 18.9. The average molecular weight is 443 g/mol. The average Bonchev–Trinajstić information content (AvgIpc) is 3.54. The predicted molar refractivity (Wildman–Crippen MR) is 118 cm³/mol. The van der Waals surface area contributed by atoms with E-state index >= 15 is 0 Å². The van der Waals surface area contributed by atoms with Gasteiger partial charge in [0, 0.05) is 25.3 Å². The van der Waals surface area contributed by atoms with Gasteiger partial charge in [0.15, 0.2) is 0 Å². The molecule has 2 fully saturated rings. The quantitative estimate of drug-likeness (QED) is 0.754. The second-order valence-corrected chi connectivity index (χ2v) is 11.8. The van der Waals surface area contributed by atoms with Crippen molar-refractivity contribution in [2.24, 2.45) is 5.41 Å². The minimum atomic E-state index is -3.67. The normalized spacial score (nSPS) is 26.1. The number of aromatic nitrogens is 3. The molecule has 6 rings (SSSR count). The monoisotopic (exact) mass is 442 g/mol. The van der Waals surface area contributed by atoms with Crippen molar-refractivity contribution < 1.29 is 8.42 Å². The van der Waals surface area contributed by atoms with Crippen LogP contribution in [0.2, 0.25) is 0 Å². The number of anilines is 2. The molecule has 1 unspecified atom stereocenters. The molecular formula is C22H30N6O2S. The molecule has 4 aliphatic rings. The Bertz CT molecular complexity index is 1110. The molecule has 166 valence electrons. The van der Waals surface area contributed by atoms with Gasteiger partial charge in [-0.05, 0) is 92.6 Å². The number of hydrogen-bond donors (Lipinski definition) is 2. The van der Waals surface area contributed by atoms with Crippen LogP contribution in [0.4, 0.5) is 11.6 Å². The summed E-state index contributed by atoms with van der Waals surface area (Å²) >= 11 is 0. The second-order valence-electron chi connectivity index (χ2n) is 9.91. The van der Waals surface area contributed by atoms with Gasteiger partial charge in [-0.15, -0.1) is 10.2 Å². The largest absolute Gasteiger partial charge is 0.324 e. The summed E-state index contributed by atoms with van der Waals surface area (Å²) in [6.07, 6.45) is 8.70. The highest BCUT2D eigenvalue weighted by Gasteiger charge is 2.46. The van der Waals surface area contributed by atoms with E-state index < -0.39 is 10.0 Å². The number of aromatic amines is 1. The Morgan fingerprint density at radius 1 is 1.00 bits per heavy atom. The van der Waals surface area contributed by atoms with Crippen LogP contribution in [0.25, 0.3) is 0 Å². The first-order chi connectivity index (χ1) is 14.9. The third-order valence-electron chi connectivity index (χ3n) is 7.80. The van der Waals surface area contributed by atoms with E-state index in [1.54, 1.807) is 4.31 Å². The molecule has 0 radical (unpaired) electrons. The number of fused-ring (bicyclic) bond motifs is 2. The van der Waals surface area contributed by atoms with E-state index in [9.17, 15) is 8.42 Å². The molecular weight excluding hydrogens is 412 g/mol. The van der Waals surface area contributed by atoms with Crippen LogP contribution < -0.4 is 5.32 Å². The van der Waals surface area contributed by atoms with Gasteiger partial charge >= 0.3 is 0 Å². The maximum Gasteiger partial charge on any atom is 0.278 e. The van der Waals surface area contributed by atoms with Crippen molar-refractivity contribution in [1.82, 2.24) is 24.4 Å². The van der Waals surface area contributed by atoms with Crippen molar-refractivity contribution in [1.29, 1.82) is 0 Å². The summed E-state index contributed by atoms with van der Waals surface area (Å²) in [6.45, 7) is 3.13. The molecule has 0 amide bonds. The van der Waals surface area contributed by atoms with Crippen LogP contribution in [0.5, 0.6) is 0 Å². The van der Waals surface area contributed by atoms with Gasteiger partial charge in [-0.2, -0.15) is 4.31 Å². The number of nitrogens with zero attached hydrogens (tertiary/aromatic N) is 4. The fourth-order valence-corrected chi connectivity index (χ4v) is 7.61. The van der Waals surface area contributed by atoms with Crippen LogP contribution in [-0.4, -0.2) is 66.0 Å². The summed E-state index contributed by atoms with van der Waals surface area (Å²) in [4.78, 5) is 5.27. The Morgan fingerprint density at radius 3 is 2.39 bits per heavy atom. The third kappa shape index (κ3) is 3.20. The van der Waals surface area contributed by atoms with Crippen LogP contribution in [-0.2, 0) is 35.7 Å². The number of sulfonamides is 1. The Morgan fingerprint density at radius 2 is 1.71 bits per heavy atom. The maximum atomic E-state index is 13.2. The highest BCUT2D eigenvalue weighted by molar-refractivity contribution is 7.89. The first-order valence-corrected chi connectivity index (χ1v) is 12.9. The third-order valence-corrected chi connectivity index (χ3v) is 9.46. The van der Waals surface area contributed by atoms with Crippen LogP contribution in [0.3, 0.4) is 0 Å². The van der Waals surface area contributed by atoms with Crippen LogP contribution in [0, 0.1) is 5.41 Å². The van der Waals surface area contributed by atoms with Crippen molar-refractivity contribution in [3.8, 4) is 0 Å². The zero-order valence-electron chi connectivity index (χ0n) is 18.1.